The van der Waals surface area contributed by atoms with Crippen LogP contribution in [0.15, 0.2) is 30.5 Å². The number of nitrogens with zero attached hydrogens (tertiary/aromatic N) is 3. The molecule has 0 aliphatic heterocycles. The average molecular weight is 218 g/mol. The lowest BCUT2D eigenvalue weighted by molar-refractivity contribution is 1.11. The number of pyridine rings is 1. The maximum atomic E-state index is 6.15. The molecule has 15 heavy (non-hydrogen) atoms. The predicted molar refractivity (Wildman–Crippen MR) is 61.0 cm³/mol. The van der Waals surface area contributed by atoms with Gasteiger partial charge in [-0.15, -0.1) is 0 Å². The van der Waals surface area contributed by atoms with Gasteiger partial charge in [-0.25, -0.2) is 9.07 Å². The van der Waals surface area contributed by atoms with E-state index in [9.17, 15) is 0 Å². The van der Waals surface area contributed by atoms with E-state index in [0.717, 1.165) is 27.8 Å². The van der Waals surface area contributed by atoms with E-state index >= 15 is 0 Å². The highest BCUT2D eigenvalue weighted by Crippen LogP contribution is 2.24. The van der Waals surface area contributed by atoms with Gasteiger partial charge >= 0.3 is 0 Å². The van der Waals surface area contributed by atoms with E-state index in [1.54, 1.807) is 10.3 Å². The Balaban J connectivity index is 2.63. The monoisotopic (exact) mass is 217 g/mol. The topological polar surface area (TPSA) is 30.7 Å². The van der Waals surface area contributed by atoms with Crippen molar-refractivity contribution in [2.75, 3.05) is 0 Å². The lowest BCUT2D eigenvalue weighted by atomic mass is 10.2. The van der Waals surface area contributed by atoms with Crippen molar-refractivity contribution in [1.29, 1.82) is 0 Å². The number of rotatable bonds is 0. The van der Waals surface area contributed by atoms with E-state index in [4.69, 9.17) is 11.8 Å². The minimum absolute atomic E-state index is 0.782. The number of hydrogen-bond donors (Lipinski definition) is 0. The lowest BCUT2D eigenvalue weighted by Gasteiger charge is -1.99. The number of aromatic nitrogens is 3. The van der Waals surface area contributed by atoms with Crippen LogP contribution < -0.4 is 0 Å². The molecule has 74 valence electrons. The van der Waals surface area contributed by atoms with Gasteiger partial charge in [-0.2, -0.15) is 0 Å². The van der Waals surface area contributed by atoms with Crippen molar-refractivity contribution in [1.82, 2.24) is 14.1 Å². The first-order valence-electron chi connectivity index (χ1n) is 4.66. The Hall–Kier alpha value is -1.61. The Labute approximate surface area is 91.4 Å². The lowest BCUT2D eigenvalue weighted by Crippen LogP contribution is -1.85. The first-order valence-corrected chi connectivity index (χ1v) is 5.00. The molecule has 0 saturated heterocycles. The number of benzene rings is 1. The molecule has 3 nitrogen and oxygen atoms in total. The average Bonchev–Trinajstić information content (AvgIpc) is 2.55. The summed E-state index contributed by atoms with van der Waals surface area (Å²) in [5.41, 5.74) is 2.70. The summed E-state index contributed by atoms with van der Waals surface area (Å²) in [6, 6.07) is 7.91. The van der Waals surface area contributed by atoms with Gasteiger partial charge in [-0.3, -0.25) is 4.98 Å². The van der Waals surface area contributed by atoms with Crippen molar-refractivity contribution in [2.24, 2.45) is 0 Å². The van der Waals surface area contributed by atoms with Crippen LogP contribution in [0, 0.1) is 6.92 Å². The highest BCUT2D eigenvalue weighted by molar-refractivity contribution is 6.21. The zero-order valence-corrected chi connectivity index (χ0v) is 8.86. The molecule has 0 N–H and O–H groups in total. The summed E-state index contributed by atoms with van der Waals surface area (Å²) in [6.07, 6.45) is 1.75. The van der Waals surface area contributed by atoms with Crippen LogP contribution in [0.5, 0.6) is 0 Å². The van der Waals surface area contributed by atoms with Crippen LogP contribution in [0.1, 0.15) is 5.82 Å². The molecule has 0 spiro atoms. The molecule has 0 unspecified atom stereocenters. The molecule has 4 heteroatoms. The second-order valence-electron chi connectivity index (χ2n) is 3.45. The zero-order chi connectivity index (χ0) is 10.4. The van der Waals surface area contributed by atoms with Crippen LogP contribution in [0.3, 0.4) is 0 Å². The summed E-state index contributed by atoms with van der Waals surface area (Å²) >= 11 is 6.15. The fraction of sp³-hybridized carbons (Fsp3) is 0.0909. The second kappa shape index (κ2) is 2.94. The second-order valence-corrected chi connectivity index (χ2v) is 3.79. The molecule has 0 aliphatic carbocycles. The molecular formula is C11H8ClN3. The number of hydrogen-bond acceptors (Lipinski definition) is 2. The summed E-state index contributed by atoms with van der Waals surface area (Å²) in [6.45, 7) is 1.88. The van der Waals surface area contributed by atoms with E-state index in [1.165, 1.54) is 0 Å². The van der Waals surface area contributed by atoms with Gasteiger partial charge in [-0.1, -0.05) is 18.2 Å². The maximum absolute atomic E-state index is 6.15. The third kappa shape index (κ3) is 1.13. The molecule has 0 atom stereocenters. The van der Waals surface area contributed by atoms with E-state index in [2.05, 4.69) is 9.97 Å². The Morgan fingerprint density at radius 2 is 2.00 bits per heavy atom. The smallest absolute Gasteiger partial charge is 0.122 e. The molecule has 0 fully saturated rings. The van der Waals surface area contributed by atoms with Crippen LogP contribution in [0.2, 0.25) is 0 Å². The number of para-hydroxylation sites is 1. The number of imidazole rings is 1. The number of fused-ring (bicyclic) bond motifs is 3. The highest BCUT2D eigenvalue weighted by Gasteiger charge is 2.09. The van der Waals surface area contributed by atoms with Crippen LogP contribution in [0.4, 0.5) is 0 Å². The zero-order valence-electron chi connectivity index (χ0n) is 8.11. The molecule has 2 aromatic heterocycles. The van der Waals surface area contributed by atoms with E-state index in [1.807, 2.05) is 31.2 Å². The van der Waals surface area contributed by atoms with Gasteiger partial charge in [0, 0.05) is 17.2 Å². The fourth-order valence-corrected chi connectivity index (χ4v) is 2.00. The summed E-state index contributed by atoms with van der Waals surface area (Å²) in [4.78, 5) is 8.66. The summed E-state index contributed by atoms with van der Waals surface area (Å²) in [5.74, 6) is 0.782. The Kier molecular flexibility index (Phi) is 1.70. The van der Waals surface area contributed by atoms with Crippen molar-refractivity contribution >= 4 is 33.7 Å². The van der Waals surface area contributed by atoms with Crippen LogP contribution in [-0.4, -0.2) is 14.1 Å². The molecule has 1 aromatic carbocycles. The minimum atomic E-state index is 0.782. The minimum Gasteiger partial charge on any atom is -0.254 e. The van der Waals surface area contributed by atoms with Crippen LogP contribution >= 0.6 is 11.8 Å². The van der Waals surface area contributed by atoms with Gasteiger partial charge in [0.2, 0.25) is 0 Å². The molecule has 0 amide bonds. The van der Waals surface area contributed by atoms with Gasteiger partial charge < -0.3 is 0 Å². The van der Waals surface area contributed by atoms with Gasteiger partial charge in [0.1, 0.15) is 11.3 Å². The van der Waals surface area contributed by atoms with Gasteiger partial charge in [0.25, 0.3) is 0 Å². The first-order chi connectivity index (χ1) is 7.27. The Morgan fingerprint density at radius 1 is 1.20 bits per heavy atom. The SMILES string of the molecule is Cc1nc2cnc3ccccc3c2n1Cl. The summed E-state index contributed by atoms with van der Waals surface area (Å²) < 4.78 is 1.58. The Bertz CT molecular complexity index is 657. The third-order valence-corrected chi connectivity index (χ3v) is 2.90. The van der Waals surface area contributed by atoms with Crippen molar-refractivity contribution in [3.05, 3.63) is 36.3 Å². The van der Waals surface area contributed by atoms with Crippen LogP contribution in [0.25, 0.3) is 21.9 Å². The van der Waals surface area contributed by atoms with E-state index in [0.29, 0.717) is 0 Å². The van der Waals surface area contributed by atoms with Gasteiger partial charge in [-0.05, 0) is 13.0 Å². The molecule has 3 rings (SSSR count). The number of halogens is 1. The molecule has 2 heterocycles. The van der Waals surface area contributed by atoms with Crippen molar-refractivity contribution in [2.45, 2.75) is 6.92 Å². The quantitative estimate of drug-likeness (QED) is 0.580. The fourth-order valence-electron chi connectivity index (χ4n) is 1.78. The van der Waals surface area contributed by atoms with Crippen molar-refractivity contribution in [3.63, 3.8) is 0 Å². The molecule has 0 radical (unpaired) electrons. The van der Waals surface area contributed by atoms with Crippen molar-refractivity contribution in [3.8, 4) is 0 Å². The number of aryl methyl sites for hydroxylation is 1. The van der Waals surface area contributed by atoms with Crippen molar-refractivity contribution < 1.29 is 0 Å². The molecule has 3 aromatic rings. The van der Waals surface area contributed by atoms with Crippen LogP contribution in [-0.2, 0) is 0 Å². The molecule has 0 saturated carbocycles. The Morgan fingerprint density at radius 3 is 2.87 bits per heavy atom. The normalized spacial score (nSPS) is 11.3. The summed E-state index contributed by atoms with van der Waals surface area (Å²) in [5, 5.41) is 1.03. The highest BCUT2D eigenvalue weighted by atomic mass is 35.5. The largest absolute Gasteiger partial charge is 0.254 e. The van der Waals surface area contributed by atoms with Gasteiger partial charge in [0.15, 0.2) is 0 Å². The maximum Gasteiger partial charge on any atom is 0.122 e. The molecule has 0 aliphatic rings. The predicted octanol–water partition coefficient (Wildman–Crippen LogP) is 2.89. The third-order valence-electron chi connectivity index (χ3n) is 2.49. The standard InChI is InChI=1S/C11H8ClN3/c1-7-14-10-6-13-9-5-3-2-4-8(9)11(10)15(7)12/h2-6H,1H3. The molecule has 0 bridgehead atoms. The first kappa shape index (κ1) is 8.68. The van der Waals surface area contributed by atoms with Gasteiger partial charge in [0.05, 0.1) is 17.2 Å². The summed E-state index contributed by atoms with van der Waals surface area (Å²) in [7, 11) is 0. The van der Waals surface area contributed by atoms with E-state index < -0.39 is 0 Å². The molecular weight excluding hydrogens is 210 g/mol. The van der Waals surface area contributed by atoms with E-state index in [-0.39, 0.29) is 0 Å².